The minimum absolute atomic E-state index is 0. The SMILES string of the molecule is CC(C)S(=O)(=O)O.CC(C)S(=O)(=O)O.[Ca+2]. The zero-order chi connectivity index (χ0) is 12.2. The third kappa shape index (κ3) is 15.1. The second-order valence-electron chi connectivity index (χ2n) is 3.13. The Bertz CT molecular complexity index is 306. The van der Waals surface area contributed by atoms with Crippen molar-refractivity contribution < 1.29 is 25.9 Å². The van der Waals surface area contributed by atoms with Gasteiger partial charge in [-0.25, -0.2) is 0 Å². The molecule has 0 bridgehead atoms. The molecule has 2 N–H and O–H groups in total. The Labute approximate surface area is 121 Å². The zero-order valence-corrected chi connectivity index (χ0v) is 13.0. The van der Waals surface area contributed by atoms with E-state index in [2.05, 4.69) is 0 Å². The van der Waals surface area contributed by atoms with Gasteiger partial charge in [0.15, 0.2) is 0 Å². The smallest absolute Gasteiger partial charge is 0.285 e. The van der Waals surface area contributed by atoms with Crippen molar-refractivity contribution in [3.05, 3.63) is 0 Å². The fourth-order valence-electron chi connectivity index (χ4n) is 0. The first-order chi connectivity index (χ1) is 5.89. The molecule has 0 atom stereocenters. The average Bonchev–Trinajstić information content (AvgIpc) is 1.83. The van der Waals surface area contributed by atoms with Crippen molar-refractivity contribution in [3.8, 4) is 0 Å². The van der Waals surface area contributed by atoms with Crippen LogP contribution in [0.3, 0.4) is 0 Å². The summed E-state index contributed by atoms with van der Waals surface area (Å²) in [7, 11) is -7.48. The molecule has 0 aromatic carbocycles. The number of hydrogen-bond donors (Lipinski definition) is 2. The maximum absolute atomic E-state index is 9.89. The van der Waals surface area contributed by atoms with Crippen molar-refractivity contribution in [1.82, 2.24) is 0 Å². The van der Waals surface area contributed by atoms with Gasteiger partial charge in [-0.2, -0.15) is 16.8 Å². The van der Waals surface area contributed by atoms with Crippen molar-refractivity contribution in [1.29, 1.82) is 0 Å². The van der Waals surface area contributed by atoms with Crippen LogP contribution in [-0.4, -0.2) is 74.2 Å². The van der Waals surface area contributed by atoms with Gasteiger partial charge in [-0.1, -0.05) is 0 Å². The van der Waals surface area contributed by atoms with E-state index < -0.39 is 30.7 Å². The van der Waals surface area contributed by atoms with E-state index in [0.717, 1.165) is 0 Å². The summed E-state index contributed by atoms with van der Waals surface area (Å²) in [4.78, 5) is 0. The molecule has 0 heterocycles. The molecular weight excluding hydrogens is 272 g/mol. The van der Waals surface area contributed by atoms with Gasteiger partial charge in [-0.15, -0.1) is 0 Å². The van der Waals surface area contributed by atoms with Gasteiger partial charge in [0.05, 0.1) is 10.5 Å². The Morgan fingerprint density at radius 1 is 0.733 bits per heavy atom. The summed E-state index contributed by atoms with van der Waals surface area (Å²) in [6, 6.07) is 0. The van der Waals surface area contributed by atoms with Gasteiger partial charge >= 0.3 is 37.7 Å². The summed E-state index contributed by atoms with van der Waals surface area (Å²) >= 11 is 0. The largest absolute Gasteiger partial charge is 2.00 e. The molecule has 0 aromatic heterocycles. The van der Waals surface area contributed by atoms with E-state index in [4.69, 9.17) is 9.11 Å². The summed E-state index contributed by atoms with van der Waals surface area (Å²) < 4.78 is 55.7. The van der Waals surface area contributed by atoms with Gasteiger partial charge in [0.2, 0.25) is 0 Å². The van der Waals surface area contributed by atoms with E-state index in [1.807, 2.05) is 0 Å². The molecule has 88 valence electrons. The standard InChI is InChI=1S/2C3H8O3S.Ca/c2*1-3(2)7(4,5)6;/h2*3H,1-2H3,(H,4,5,6);/q;;+2. The fourth-order valence-corrected chi connectivity index (χ4v) is 0. The van der Waals surface area contributed by atoms with Crippen molar-refractivity contribution in [2.45, 2.75) is 38.2 Å². The van der Waals surface area contributed by atoms with Crippen LogP contribution in [0.2, 0.25) is 0 Å². The normalized spacial score (nSPS) is 11.7. The molecule has 15 heavy (non-hydrogen) atoms. The first-order valence-corrected chi connectivity index (χ1v) is 6.82. The molecular formula is C6H16CaO6S2+2. The van der Waals surface area contributed by atoms with Crippen LogP contribution in [0.4, 0.5) is 0 Å². The predicted molar refractivity (Wildman–Crippen MR) is 59.1 cm³/mol. The molecule has 0 saturated heterocycles. The Balaban J connectivity index is -0.000000180. The number of hydrogen-bond acceptors (Lipinski definition) is 4. The van der Waals surface area contributed by atoms with Gasteiger partial charge in [0, 0.05) is 0 Å². The summed E-state index contributed by atoms with van der Waals surface area (Å²) in [6.45, 7) is 5.65. The third-order valence-corrected chi connectivity index (χ3v) is 3.57. The third-order valence-electron chi connectivity index (χ3n) is 1.19. The summed E-state index contributed by atoms with van der Waals surface area (Å²) in [5.74, 6) is 0. The van der Waals surface area contributed by atoms with Gasteiger partial charge in [-0.3, -0.25) is 9.11 Å². The molecule has 0 radical (unpaired) electrons. The van der Waals surface area contributed by atoms with Crippen LogP contribution in [0.25, 0.3) is 0 Å². The average molecular weight is 288 g/mol. The van der Waals surface area contributed by atoms with Crippen molar-refractivity contribution in [2.24, 2.45) is 0 Å². The molecule has 0 rings (SSSR count). The van der Waals surface area contributed by atoms with E-state index in [-0.39, 0.29) is 37.7 Å². The van der Waals surface area contributed by atoms with Crippen LogP contribution < -0.4 is 0 Å². The van der Waals surface area contributed by atoms with E-state index in [9.17, 15) is 16.8 Å². The van der Waals surface area contributed by atoms with Gasteiger partial charge in [-0.05, 0) is 27.7 Å². The Hall–Kier alpha value is 1.08. The fraction of sp³-hybridized carbons (Fsp3) is 1.00. The molecule has 0 aliphatic heterocycles. The first kappa shape index (κ1) is 21.4. The van der Waals surface area contributed by atoms with Crippen LogP contribution in [0, 0.1) is 0 Å². The maximum atomic E-state index is 9.89. The van der Waals surface area contributed by atoms with E-state index in [0.29, 0.717) is 0 Å². The Morgan fingerprint density at radius 2 is 0.800 bits per heavy atom. The minimum Gasteiger partial charge on any atom is -0.285 e. The molecule has 0 fully saturated rings. The van der Waals surface area contributed by atoms with Crippen LogP contribution in [0.1, 0.15) is 27.7 Å². The molecule has 9 heteroatoms. The molecule has 0 amide bonds. The summed E-state index contributed by atoms with van der Waals surface area (Å²) in [6.07, 6.45) is 0. The van der Waals surface area contributed by atoms with Crippen LogP contribution in [0.5, 0.6) is 0 Å². The van der Waals surface area contributed by atoms with Crippen molar-refractivity contribution in [3.63, 3.8) is 0 Å². The molecule has 0 saturated carbocycles. The van der Waals surface area contributed by atoms with Crippen LogP contribution in [0.15, 0.2) is 0 Å². The maximum Gasteiger partial charge on any atom is 2.00 e. The van der Waals surface area contributed by atoms with Crippen LogP contribution >= 0.6 is 0 Å². The van der Waals surface area contributed by atoms with Crippen molar-refractivity contribution >= 4 is 58.0 Å². The molecule has 0 aliphatic rings. The van der Waals surface area contributed by atoms with Gasteiger partial charge in [0.25, 0.3) is 20.2 Å². The zero-order valence-electron chi connectivity index (χ0n) is 9.21. The van der Waals surface area contributed by atoms with E-state index >= 15 is 0 Å². The molecule has 0 spiro atoms. The van der Waals surface area contributed by atoms with Gasteiger partial charge < -0.3 is 0 Å². The first-order valence-electron chi connectivity index (χ1n) is 3.81. The van der Waals surface area contributed by atoms with Crippen molar-refractivity contribution in [2.75, 3.05) is 0 Å². The molecule has 6 nitrogen and oxygen atoms in total. The monoisotopic (exact) mass is 288 g/mol. The quantitative estimate of drug-likeness (QED) is 0.554. The topological polar surface area (TPSA) is 109 Å². The molecule has 0 aromatic rings. The van der Waals surface area contributed by atoms with Gasteiger partial charge in [0.1, 0.15) is 0 Å². The van der Waals surface area contributed by atoms with E-state index in [1.165, 1.54) is 27.7 Å². The number of rotatable bonds is 2. The van der Waals surface area contributed by atoms with Crippen LogP contribution in [-0.2, 0) is 20.2 Å². The minimum atomic E-state index is -3.74. The predicted octanol–water partition coefficient (Wildman–Crippen LogP) is 0.184. The Kier molecular flexibility index (Phi) is 11.7. The summed E-state index contributed by atoms with van der Waals surface area (Å²) in [5, 5.41) is -1.35. The van der Waals surface area contributed by atoms with E-state index in [1.54, 1.807) is 0 Å². The second kappa shape index (κ2) is 8.21. The molecule has 0 unspecified atom stereocenters. The Morgan fingerprint density at radius 3 is 0.800 bits per heavy atom. The molecule has 0 aliphatic carbocycles. The second-order valence-corrected chi connectivity index (χ2v) is 7.07. The summed E-state index contributed by atoms with van der Waals surface area (Å²) in [5.41, 5.74) is 0.